The molecule has 9 heteroatoms. The summed E-state index contributed by atoms with van der Waals surface area (Å²) in [7, 11) is 3.29. The van der Waals surface area contributed by atoms with Crippen molar-refractivity contribution in [2.45, 2.75) is 31.8 Å². The van der Waals surface area contributed by atoms with Gasteiger partial charge in [-0.25, -0.2) is 4.68 Å². The second-order valence-corrected chi connectivity index (χ2v) is 8.22. The molecule has 0 aliphatic carbocycles. The number of carbonyl (C=O) groups excluding carboxylic acids is 1. The zero-order valence-electron chi connectivity index (χ0n) is 19.1. The molecule has 0 unspecified atom stereocenters. The highest BCUT2D eigenvalue weighted by Crippen LogP contribution is 2.38. The number of ether oxygens (including phenoxy) is 2. The quantitative estimate of drug-likeness (QED) is 0.532. The summed E-state index contributed by atoms with van der Waals surface area (Å²) < 4.78 is 13.1. The molecule has 1 aliphatic heterocycles. The largest absolute Gasteiger partial charge is 0.497 e. The van der Waals surface area contributed by atoms with Crippen LogP contribution in [0.3, 0.4) is 0 Å². The van der Waals surface area contributed by atoms with Crippen LogP contribution >= 0.6 is 0 Å². The van der Waals surface area contributed by atoms with Crippen LogP contribution < -0.4 is 15.2 Å². The van der Waals surface area contributed by atoms with E-state index in [0.29, 0.717) is 32.5 Å². The summed E-state index contributed by atoms with van der Waals surface area (Å²) in [5.41, 5.74) is 7.71. The Kier molecular flexibility index (Phi) is 7.19. The van der Waals surface area contributed by atoms with Gasteiger partial charge in [0.25, 0.3) is 0 Å². The number of primary amides is 1. The zero-order valence-corrected chi connectivity index (χ0v) is 19.1. The van der Waals surface area contributed by atoms with Gasteiger partial charge >= 0.3 is 0 Å². The number of tetrazole rings is 1. The second-order valence-electron chi connectivity index (χ2n) is 8.22. The number of rotatable bonds is 9. The molecule has 1 atom stereocenters. The summed E-state index contributed by atoms with van der Waals surface area (Å²) in [5.74, 6) is 1.85. The lowest BCUT2D eigenvalue weighted by Crippen LogP contribution is -2.41. The first-order valence-corrected chi connectivity index (χ1v) is 11.2. The summed E-state index contributed by atoms with van der Waals surface area (Å²) in [6.07, 6.45) is 2.21. The Labute approximate surface area is 193 Å². The molecule has 0 spiro atoms. The Morgan fingerprint density at radius 1 is 1.12 bits per heavy atom. The van der Waals surface area contributed by atoms with E-state index in [0.717, 1.165) is 29.3 Å². The van der Waals surface area contributed by atoms with E-state index in [2.05, 4.69) is 32.6 Å². The Morgan fingerprint density at radius 2 is 1.88 bits per heavy atom. The molecule has 1 aliphatic rings. The summed E-state index contributed by atoms with van der Waals surface area (Å²) >= 11 is 0. The minimum atomic E-state index is -0.255. The molecule has 3 aromatic rings. The van der Waals surface area contributed by atoms with Gasteiger partial charge in [-0.3, -0.25) is 9.69 Å². The molecule has 0 saturated carbocycles. The lowest BCUT2D eigenvalue weighted by atomic mass is 9.93. The molecule has 33 heavy (non-hydrogen) atoms. The molecule has 1 aromatic heterocycles. The van der Waals surface area contributed by atoms with Crippen molar-refractivity contribution < 1.29 is 14.3 Å². The average Bonchev–Trinajstić information content (AvgIpc) is 3.32. The van der Waals surface area contributed by atoms with Gasteiger partial charge in [-0.2, -0.15) is 0 Å². The van der Waals surface area contributed by atoms with E-state index in [1.165, 1.54) is 5.56 Å². The van der Waals surface area contributed by atoms with Gasteiger partial charge in [0.2, 0.25) is 5.91 Å². The number of nitrogens with zero attached hydrogens (tertiary/aromatic N) is 5. The van der Waals surface area contributed by atoms with Gasteiger partial charge in [-0.05, 0) is 66.5 Å². The van der Waals surface area contributed by atoms with Crippen molar-refractivity contribution in [3.63, 3.8) is 0 Å². The highest BCUT2D eigenvalue weighted by Gasteiger charge is 2.34. The predicted octanol–water partition coefficient (Wildman–Crippen LogP) is 2.22. The number of methoxy groups -OCH3 is 2. The molecule has 9 nitrogen and oxygen atoms in total. The minimum Gasteiger partial charge on any atom is -0.497 e. The van der Waals surface area contributed by atoms with E-state index < -0.39 is 0 Å². The van der Waals surface area contributed by atoms with Crippen LogP contribution in [0.5, 0.6) is 11.5 Å². The predicted molar refractivity (Wildman–Crippen MR) is 123 cm³/mol. The van der Waals surface area contributed by atoms with E-state index in [4.69, 9.17) is 15.2 Å². The van der Waals surface area contributed by atoms with Crippen LogP contribution in [0.25, 0.3) is 0 Å². The Hall–Kier alpha value is -3.46. The molecule has 1 amide bonds. The third-order valence-corrected chi connectivity index (χ3v) is 6.29. The maximum absolute atomic E-state index is 11.7. The van der Waals surface area contributed by atoms with Crippen molar-refractivity contribution in [1.82, 2.24) is 25.1 Å². The van der Waals surface area contributed by atoms with Crippen LogP contribution in [-0.2, 0) is 17.8 Å². The maximum atomic E-state index is 11.7. The fourth-order valence-electron chi connectivity index (χ4n) is 4.44. The Balaban J connectivity index is 1.69. The smallest absolute Gasteiger partial charge is 0.220 e. The summed E-state index contributed by atoms with van der Waals surface area (Å²) in [4.78, 5) is 14.0. The van der Waals surface area contributed by atoms with Crippen molar-refractivity contribution in [2.24, 2.45) is 11.7 Å². The standard InChI is InChI=1S/C24H30N6O3/c1-32-19-8-9-21(33-2)20(16-19)22(29-13-11-18(12-14-29)23(25)31)24-26-27-28-30(24)15-10-17-6-4-3-5-7-17/h3-9,16,18,22H,10-15H2,1-2H3,(H2,25,31)/t22-/m0/s1. The Morgan fingerprint density at radius 3 is 2.55 bits per heavy atom. The summed E-state index contributed by atoms with van der Waals surface area (Å²) in [6.45, 7) is 2.04. The lowest BCUT2D eigenvalue weighted by molar-refractivity contribution is -0.123. The lowest BCUT2D eigenvalue weighted by Gasteiger charge is -2.36. The van der Waals surface area contributed by atoms with E-state index in [1.807, 2.05) is 41.1 Å². The maximum Gasteiger partial charge on any atom is 0.220 e. The second kappa shape index (κ2) is 10.4. The van der Waals surface area contributed by atoms with Crippen molar-refractivity contribution in [1.29, 1.82) is 0 Å². The van der Waals surface area contributed by atoms with E-state index in [1.54, 1.807) is 14.2 Å². The molecule has 1 saturated heterocycles. The minimum absolute atomic E-state index is 0.108. The van der Waals surface area contributed by atoms with Gasteiger partial charge in [-0.1, -0.05) is 30.3 Å². The van der Waals surface area contributed by atoms with Gasteiger partial charge in [0.05, 0.1) is 14.2 Å². The zero-order chi connectivity index (χ0) is 23.2. The van der Waals surface area contributed by atoms with Gasteiger partial charge in [0.15, 0.2) is 5.82 Å². The number of nitrogens with two attached hydrogens (primary N) is 1. The number of piperidine rings is 1. The third-order valence-electron chi connectivity index (χ3n) is 6.29. The monoisotopic (exact) mass is 450 g/mol. The van der Waals surface area contributed by atoms with Crippen LogP contribution in [0.4, 0.5) is 0 Å². The van der Waals surface area contributed by atoms with Gasteiger partial charge in [0.1, 0.15) is 17.5 Å². The third kappa shape index (κ3) is 5.14. The van der Waals surface area contributed by atoms with Gasteiger partial charge in [-0.15, -0.1) is 5.10 Å². The topological polar surface area (TPSA) is 108 Å². The normalized spacial score (nSPS) is 15.8. The van der Waals surface area contributed by atoms with Crippen LogP contribution in [0, 0.1) is 5.92 Å². The SMILES string of the molecule is COc1ccc(OC)c([C@@H](c2nnnn2CCc2ccccc2)N2CCC(C(N)=O)CC2)c1. The first kappa shape index (κ1) is 22.7. The van der Waals surface area contributed by atoms with Crippen molar-refractivity contribution >= 4 is 5.91 Å². The number of likely N-dealkylation sites (tertiary alicyclic amines) is 1. The molecule has 2 heterocycles. The molecular weight excluding hydrogens is 420 g/mol. The number of aryl methyl sites for hydroxylation is 2. The van der Waals surface area contributed by atoms with Crippen molar-refractivity contribution in [3.05, 3.63) is 65.5 Å². The number of aromatic nitrogens is 4. The first-order valence-electron chi connectivity index (χ1n) is 11.2. The number of carbonyl (C=O) groups is 1. The molecule has 1 fully saturated rings. The molecular formula is C24H30N6O3. The van der Waals surface area contributed by atoms with Gasteiger partial charge in [0, 0.05) is 18.0 Å². The Bertz CT molecular complexity index is 1060. The molecule has 4 rings (SSSR count). The summed E-state index contributed by atoms with van der Waals surface area (Å²) in [5, 5.41) is 12.7. The molecule has 2 N–H and O–H groups in total. The average molecular weight is 451 g/mol. The summed E-state index contributed by atoms with van der Waals surface area (Å²) in [6, 6.07) is 15.8. The van der Waals surface area contributed by atoms with E-state index in [-0.39, 0.29) is 17.9 Å². The number of hydrogen-bond donors (Lipinski definition) is 1. The fourth-order valence-corrected chi connectivity index (χ4v) is 4.44. The molecule has 0 radical (unpaired) electrons. The number of amides is 1. The van der Waals surface area contributed by atoms with E-state index in [9.17, 15) is 4.79 Å². The van der Waals surface area contributed by atoms with Crippen LogP contribution in [0.2, 0.25) is 0 Å². The van der Waals surface area contributed by atoms with Crippen LogP contribution in [-0.4, -0.2) is 58.3 Å². The number of hydrogen-bond acceptors (Lipinski definition) is 7. The van der Waals surface area contributed by atoms with Crippen LogP contribution in [0.1, 0.15) is 35.8 Å². The molecule has 2 aromatic carbocycles. The fraction of sp³-hybridized carbons (Fsp3) is 0.417. The molecule has 0 bridgehead atoms. The highest BCUT2D eigenvalue weighted by molar-refractivity contribution is 5.76. The highest BCUT2D eigenvalue weighted by atomic mass is 16.5. The van der Waals surface area contributed by atoms with Crippen molar-refractivity contribution in [2.75, 3.05) is 27.3 Å². The van der Waals surface area contributed by atoms with Gasteiger partial charge < -0.3 is 15.2 Å². The first-order chi connectivity index (χ1) is 16.1. The van der Waals surface area contributed by atoms with Crippen molar-refractivity contribution in [3.8, 4) is 11.5 Å². The van der Waals surface area contributed by atoms with Crippen LogP contribution in [0.15, 0.2) is 48.5 Å². The molecule has 174 valence electrons. The van der Waals surface area contributed by atoms with E-state index >= 15 is 0 Å². The number of benzene rings is 2.